The van der Waals surface area contributed by atoms with Gasteiger partial charge in [-0.05, 0) is 24.1 Å². The van der Waals surface area contributed by atoms with E-state index in [1.807, 2.05) is 43.4 Å². The number of likely N-dealkylation sites (tertiary alicyclic amines) is 1. The minimum Gasteiger partial charge on any atom is -0.497 e. The summed E-state index contributed by atoms with van der Waals surface area (Å²) in [4.78, 5) is 6.76. The number of hydrogen-bond donors (Lipinski definition) is 1. The molecule has 1 N–H and O–H groups in total. The van der Waals surface area contributed by atoms with Crippen molar-refractivity contribution in [3.8, 4) is 11.5 Å². The lowest BCUT2D eigenvalue weighted by atomic mass is 10.1. The monoisotopic (exact) mass is 525 g/mol. The predicted octanol–water partition coefficient (Wildman–Crippen LogP) is 3.94. The highest BCUT2D eigenvalue weighted by Crippen LogP contribution is 2.24. The second-order valence-corrected chi connectivity index (χ2v) is 7.18. The van der Waals surface area contributed by atoms with Crippen molar-refractivity contribution in [1.82, 2.24) is 10.2 Å². The SMILES string of the molecule is CN=C(NCc1ccc(OC)cc1OC)N1CCC(COCc2ccccc2)C1.I. The molecular weight excluding hydrogens is 493 g/mol. The highest BCUT2D eigenvalue weighted by molar-refractivity contribution is 14.0. The quantitative estimate of drug-likeness (QED) is 0.322. The van der Waals surface area contributed by atoms with Crippen LogP contribution in [0.15, 0.2) is 53.5 Å². The van der Waals surface area contributed by atoms with Crippen LogP contribution in [0, 0.1) is 5.92 Å². The molecular formula is C23H32IN3O3. The fourth-order valence-corrected chi connectivity index (χ4v) is 3.58. The molecule has 164 valence electrons. The van der Waals surface area contributed by atoms with Gasteiger partial charge in [-0.2, -0.15) is 0 Å². The molecule has 0 aromatic heterocycles. The summed E-state index contributed by atoms with van der Waals surface area (Å²) in [5, 5.41) is 3.46. The van der Waals surface area contributed by atoms with Gasteiger partial charge < -0.3 is 24.4 Å². The van der Waals surface area contributed by atoms with Crippen LogP contribution >= 0.6 is 24.0 Å². The van der Waals surface area contributed by atoms with Crippen LogP contribution in [0.3, 0.4) is 0 Å². The number of nitrogens with zero attached hydrogens (tertiary/aromatic N) is 2. The molecule has 1 atom stereocenters. The molecule has 0 radical (unpaired) electrons. The van der Waals surface area contributed by atoms with Crippen molar-refractivity contribution >= 4 is 29.9 Å². The Balaban J connectivity index is 0.00000320. The molecule has 0 amide bonds. The Kier molecular flexibility index (Phi) is 10.2. The molecule has 1 heterocycles. The fraction of sp³-hybridized carbons (Fsp3) is 0.435. The zero-order valence-corrected chi connectivity index (χ0v) is 20.3. The standard InChI is InChI=1S/C23H31N3O3.HI/c1-24-23(25-14-20-9-10-21(27-2)13-22(20)28-3)26-12-11-19(15-26)17-29-16-18-7-5-4-6-8-18;/h4-10,13,19H,11-12,14-17H2,1-3H3,(H,24,25);1H. The van der Waals surface area contributed by atoms with Crippen LogP contribution < -0.4 is 14.8 Å². The van der Waals surface area contributed by atoms with Crippen LogP contribution in [-0.4, -0.2) is 51.8 Å². The number of ether oxygens (including phenoxy) is 3. The molecule has 1 unspecified atom stereocenters. The third-order valence-electron chi connectivity index (χ3n) is 5.19. The second-order valence-electron chi connectivity index (χ2n) is 7.18. The van der Waals surface area contributed by atoms with E-state index in [-0.39, 0.29) is 24.0 Å². The van der Waals surface area contributed by atoms with E-state index in [2.05, 4.69) is 27.3 Å². The third kappa shape index (κ3) is 6.77. The van der Waals surface area contributed by atoms with Gasteiger partial charge in [0.1, 0.15) is 11.5 Å². The van der Waals surface area contributed by atoms with Gasteiger partial charge >= 0.3 is 0 Å². The smallest absolute Gasteiger partial charge is 0.193 e. The van der Waals surface area contributed by atoms with Crippen molar-refractivity contribution in [3.05, 3.63) is 59.7 Å². The van der Waals surface area contributed by atoms with Gasteiger partial charge in [0.2, 0.25) is 0 Å². The van der Waals surface area contributed by atoms with Gasteiger partial charge in [-0.25, -0.2) is 0 Å². The molecule has 7 heteroatoms. The predicted molar refractivity (Wildman–Crippen MR) is 131 cm³/mol. The normalized spacial score (nSPS) is 16.2. The van der Waals surface area contributed by atoms with Crippen LogP contribution in [0.4, 0.5) is 0 Å². The maximum atomic E-state index is 5.93. The van der Waals surface area contributed by atoms with Crippen molar-refractivity contribution in [2.45, 2.75) is 19.6 Å². The van der Waals surface area contributed by atoms with Gasteiger partial charge in [0.25, 0.3) is 0 Å². The summed E-state index contributed by atoms with van der Waals surface area (Å²) >= 11 is 0. The number of guanidine groups is 1. The zero-order valence-electron chi connectivity index (χ0n) is 18.0. The molecule has 6 nitrogen and oxygen atoms in total. The van der Waals surface area contributed by atoms with Crippen LogP contribution in [-0.2, 0) is 17.9 Å². The number of methoxy groups -OCH3 is 2. The molecule has 1 fully saturated rings. The van der Waals surface area contributed by atoms with E-state index in [0.717, 1.165) is 49.1 Å². The Morgan fingerprint density at radius 2 is 1.93 bits per heavy atom. The molecule has 0 aliphatic carbocycles. The van der Waals surface area contributed by atoms with Gasteiger partial charge in [0, 0.05) is 44.2 Å². The van der Waals surface area contributed by atoms with Crippen molar-refractivity contribution in [1.29, 1.82) is 0 Å². The number of hydrogen-bond acceptors (Lipinski definition) is 4. The summed E-state index contributed by atoms with van der Waals surface area (Å²) in [6.45, 7) is 4.02. The van der Waals surface area contributed by atoms with Crippen LogP contribution in [0.2, 0.25) is 0 Å². The Morgan fingerprint density at radius 3 is 2.63 bits per heavy atom. The van der Waals surface area contributed by atoms with Gasteiger partial charge in [-0.15, -0.1) is 24.0 Å². The lowest BCUT2D eigenvalue weighted by Gasteiger charge is -2.22. The minimum atomic E-state index is 0. The Hall–Kier alpha value is -2.00. The number of nitrogens with one attached hydrogen (secondary N) is 1. The van der Waals surface area contributed by atoms with Crippen molar-refractivity contribution in [2.24, 2.45) is 10.9 Å². The number of halogens is 1. The van der Waals surface area contributed by atoms with E-state index in [1.165, 1.54) is 5.56 Å². The van der Waals surface area contributed by atoms with E-state index >= 15 is 0 Å². The molecule has 2 aromatic rings. The average Bonchev–Trinajstić information content (AvgIpc) is 3.23. The van der Waals surface area contributed by atoms with E-state index in [0.29, 0.717) is 19.1 Å². The van der Waals surface area contributed by atoms with Gasteiger partial charge in [0.15, 0.2) is 5.96 Å². The summed E-state index contributed by atoms with van der Waals surface area (Å²) in [6, 6.07) is 16.2. The molecule has 1 aliphatic rings. The summed E-state index contributed by atoms with van der Waals surface area (Å²) in [5.41, 5.74) is 2.28. The van der Waals surface area contributed by atoms with Crippen molar-refractivity contribution < 1.29 is 14.2 Å². The highest BCUT2D eigenvalue weighted by Gasteiger charge is 2.25. The third-order valence-corrected chi connectivity index (χ3v) is 5.19. The maximum Gasteiger partial charge on any atom is 0.193 e. The summed E-state index contributed by atoms with van der Waals surface area (Å²) in [6.07, 6.45) is 1.11. The Labute approximate surface area is 196 Å². The van der Waals surface area contributed by atoms with E-state index < -0.39 is 0 Å². The molecule has 1 saturated heterocycles. The largest absolute Gasteiger partial charge is 0.497 e. The van der Waals surface area contributed by atoms with Gasteiger partial charge in [0.05, 0.1) is 27.4 Å². The van der Waals surface area contributed by atoms with E-state index in [1.54, 1.807) is 14.2 Å². The van der Waals surface area contributed by atoms with Crippen LogP contribution in [0.5, 0.6) is 11.5 Å². The fourth-order valence-electron chi connectivity index (χ4n) is 3.58. The Morgan fingerprint density at radius 1 is 1.13 bits per heavy atom. The zero-order chi connectivity index (χ0) is 20.5. The molecule has 0 saturated carbocycles. The minimum absolute atomic E-state index is 0. The topological polar surface area (TPSA) is 55.3 Å². The van der Waals surface area contributed by atoms with E-state index in [9.17, 15) is 0 Å². The summed E-state index contributed by atoms with van der Waals surface area (Å²) in [5.74, 6) is 3.02. The lowest BCUT2D eigenvalue weighted by molar-refractivity contribution is 0.0906. The number of aliphatic imine (C=N–C) groups is 1. The molecule has 3 rings (SSSR count). The first-order valence-corrected chi connectivity index (χ1v) is 10.0. The van der Waals surface area contributed by atoms with Gasteiger partial charge in [-0.1, -0.05) is 30.3 Å². The summed E-state index contributed by atoms with van der Waals surface area (Å²) in [7, 11) is 5.16. The van der Waals surface area contributed by atoms with Crippen LogP contribution in [0.25, 0.3) is 0 Å². The first-order valence-electron chi connectivity index (χ1n) is 10.0. The lowest BCUT2D eigenvalue weighted by Crippen LogP contribution is -2.39. The van der Waals surface area contributed by atoms with Gasteiger partial charge in [-0.3, -0.25) is 4.99 Å². The van der Waals surface area contributed by atoms with Crippen molar-refractivity contribution in [2.75, 3.05) is 41.0 Å². The molecule has 2 aromatic carbocycles. The summed E-state index contributed by atoms with van der Waals surface area (Å²) < 4.78 is 16.7. The average molecular weight is 525 g/mol. The second kappa shape index (κ2) is 12.6. The van der Waals surface area contributed by atoms with Crippen LogP contribution in [0.1, 0.15) is 17.5 Å². The highest BCUT2D eigenvalue weighted by atomic mass is 127. The number of benzene rings is 2. The molecule has 0 bridgehead atoms. The first kappa shape index (κ1) is 24.3. The molecule has 30 heavy (non-hydrogen) atoms. The molecule has 1 aliphatic heterocycles. The Bertz CT molecular complexity index is 802. The maximum absolute atomic E-state index is 5.93. The van der Waals surface area contributed by atoms with Crippen molar-refractivity contribution in [3.63, 3.8) is 0 Å². The first-order chi connectivity index (χ1) is 14.2. The molecule has 0 spiro atoms. The van der Waals surface area contributed by atoms with E-state index in [4.69, 9.17) is 14.2 Å². The number of rotatable bonds is 8.